The van der Waals surface area contributed by atoms with Crippen LogP contribution in [-0.4, -0.2) is 68.7 Å². The maximum atomic E-state index is 12.4. The van der Waals surface area contributed by atoms with Gasteiger partial charge in [-0.25, -0.2) is 0 Å². The number of nitro benzene ring substituents is 1. The minimum absolute atomic E-state index is 0.0195. The lowest BCUT2D eigenvalue weighted by atomic mass is 10.1. The predicted octanol–water partition coefficient (Wildman–Crippen LogP) is 2.05. The fraction of sp³-hybridized carbons (Fsp3) is 0.364. The van der Waals surface area contributed by atoms with E-state index in [1.165, 1.54) is 19.2 Å². The molecule has 32 heavy (non-hydrogen) atoms. The second-order valence-electron chi connectivity index (χ2n) is 7.16. The van der Waals surface area contributed by atoms with Gasteiger partial charge in [0.25, 0.3) is 11.6 Å². The van der Waals surface area contributed by atoms with Gasteiger partial charge in [0.15, 0.2) is 6.61 Å². The molecule has 1 fully saturated rings. The topological polar surface area (TPSA) is 111 Å². The first-order valence-corrected chi connectivity index (χ1v) is 10.0. The van der Waals surface area contributed by atoms with E-state index in [9.17, 15) is 19.7 Å². The summed E-state index contributed by atoms with van der Waals surface area (Å²) >= 11 is 0. The Kier molecular flexibility index (Phi) is 7.48. The second-order valence-corrected chi connectivity index (χ2v) is 7.16. The Morgan fingerprint density at radius 3 is 2.28 bits per heavy atom. The number of hydrogen-bond donors (Lipinski definition) is 0. The largest absolute Gasteiger partial charge is 0.497 e. The van der Waals surface area contributed by atoms with Crippen LogP contribution >= 0.6 is 0 Å². The molecule has 1 saturated heterocycles. The quantitative estimate of drug-likeness (QED) is 0.346. The van der Waals surface area contributed by atoms with Crippen LogP contribution in [0.4, 0.5) is 11.4 Å². The fourth-order valence-electron chi connectivity index (χ4n) is 3.44. The summed E-state index contributed by atoms with van der Waals surface area (Å²) in [7, 11) is 3.05. The lowest BCUT2D eigenvalue weighted by Gasteiger charge is -2.36. The number of nitro groups is 1. The first kappa shape index (κ1) is 22.9. The van der Waals surface area contributed by atoms with Crippen LogP contribution in [0.3, 0.4) is 0 Å². The highest BCUT2D eigenvalue weighted by atomic mass is 16.6. The van der Waals surface area contributed by atoms with E-state index in [4.69, 9.17) is 14.2 Å². The number of esters is 1. The number of methoxy groups -OCH3 is 2. The molecule has 170 valence electrons. The predicted molar refractivity (Wildman–Crippen MR) is 116 cm³/mol. The molecule has 0 unspecified atom stereocenters. The van der Waals surface area contributed by atoms with Crippen LogP contribution in [0.25, 0.3) is 0 Å². The summed E-state index contributed by atoms with van der Waals surface area (Å²) in [6.45, 7) is 1.79. The van der Waals surface area contributed by atoms with Crippen molar-refractivity contribution >= 4 is 23.3 Å². The number of nitrogens with zero attached hydrogens (tertiary/aromatic N) is 3. The Bertz CT molecular complexity index is 970. The Morgan fingerprint density at radius 2 is 1.69 bits per heavy atom. The van der Waals surface area contributed by atoms with Gasteiger partial charge in [-0.3, -0.25) is 19.7 Å². The van der Waals surface area contributed by atoms with Crippen molar-refractivity contribution in [1.29, 1.82) is 0 Å². The van der Waals surface area contributed by atoms with E-state index in [0.717, 1.165) is 5.69 Å². The molecule has 0 bridgehead atoms. The molecule has 10 nitrogen and oxygen atoms in total. The second kappa shape index (κ2) is 10.5. The molecule has 2 aromatic carbocycles. The van der Waals surface area contributed by atoms with Crippen LogP contribution in [0.2, 0.25) is 0 Å². The van der Waals surface area contributed by atoms with Crippen LogP contribution in [0.5, 0.6) is 11.5 Å². The molecule has 10 heteroatoms. The number of amides is 1. The lowest BCUT2D eigenvalue weighted by molar-refractivity contribution is -0.384. The Labute approximate surface area is 185 Å². The van der Waals surface area contributed by atoms with Crippen molar-refractivity contribution in [2.45, 2.75) is 6.42 Å². The van der Waals surface area contributed by atoms with Gasteiger partial charge in [-0.05, 0) is 18.2 Å². The zero-order chi connectivity index (χ0) is 23.1. The maximum absolute atomic E-state index is 12.4. The third-order valence-electron chi connectivity index (χ3n) is 5.24. The molecular weight excluding hydrogens is 418 g/mol. The molecule has 0 N–H and O–H groups in total. The Morgan fingerprint density at radius 1 is 1.00 bits per heavy atom. The Hall–Kier alpha value is -3.82. The van der Waals surface area contributed by atoms with Crippen LogP contribution < -0.4 is 14.4 Å². The zero-order valence-corrected chi connectivity index (χ0v) is 18.0. The average molecular weight is 443 g/mol. The molecule has 3 rings (SSSR count). The van der Waals surface area contributed by atoms with Crippen molar-refractivity contribution in [2.24, 2.45) is 0 Å². The number of piperazine rings is 1. The van der Waals surface area contributed by atoms with Crippen LogP contribution in [0, 0.1) is 10.1 Å². The van der Waals surface area contributed by atoms with Crippen molar-refractivity contribution < 1.29 is 28.7 Å². The molecule has 1 amide bonds. The summed E-state index contributed by atoms with van der Waals surface area (Å²) in [5.74, 6) is 0.340. The number of benzene rings is 2. The molecular formula is C22H25N3O7. The van der Waals surface area contributed by atoms with Gasteiger partial charge in [0.2, 0.25) is 0 Å². The van der Waals surface area contributed by atoms with Gasteiger partial charge in [-0.1, -0.05) is 6.07 Å². The van der Waals surface area contributed by atoms with E-state index < -0.39 is 10.9 Å². The van der Waals surface area contributed by atoms with E-state index in [0.29, 0.717) is 43.2 Å². The lowest BCUT2D eigenvalue weighted by Crippen LogP contribution is -2.49. The van der Waals surface area contributed by atoms with E-state index in [-0.39, 0.29) is 24.6 Å². The number of carbonyl (C=O) groups excluding carboxylic acids is 2. The van der Waals surface area contributed by atoms with E-state index >= 15 is 0 Å². The highest BCUT2D eigenvalue weighted by molar-refractivity contribution is 5.82. The van der Waals surface area contributed by atoms with E-state index in [2.05, 4.69) is 4.90 Å². The van der Waals surface area contributed by atoms with Gasteiger partial charge in [-0.15, -0.1) is 0 Å². The molecule has 1 heterocycles. The Balaban J connectivity index is 1.46. The van der Waals surface area contributed by atoms with Crippen molar-refractivity contribution in [3.63, 3.8) is 0 Å². The zero-order valence-electron chi connectivity index (χ0n) is 18.0. The molecule has 0 radical (unpaired) electrons. The number of carbonyl (C=O) groups is 2. The summed E-state index contributed by atoms with van der Waals surface area (Å²) in [4.78, 5) is 38.7. The first-order chi connectivity index (χ1) is 15.4. The first-order valence-electron chi connectivity index (χ1n) is 10.0. The fourth-order valence-corrected chi connectivity index (χ4v) is 3.44. The van der Waals surface area contributed by atoms with Crippen molar-refractivity contribution in [3.05, 3.63) is 58.1 Å². The minimum Gasteiger partial charge on any atom is -0.497 e. The summed E-state index contributed by atoms with van der Waals surface area (Å²) in [6, 6.07) is 11.4. The highest BCUT2D eigenvalue weighted by Crippen LogP contribution is 2.25. The summed E-state index contributed by atoms with van der Waals surface area (Å²) in [5, 5.41) is 10.8. The molecule has 2 aromatic rings. The smallest absolute Gasteiger partial charge is 0.310 e. The maximum Gasteiger partial charge on any atom is 0.310 e. The van der Waals surface area contributed by atoms with Gasteiger partial charge in [0.1, 0.15) is 11.5 Å². The third kappa shape index (κ3) is 5.65. The summed E-state index contributed by atoms with van der Waals surface area (Å²) < 4.78 is 15.6. The number of anilines is 1. The monoisotopic (exact) mass is 443 g/mol. The number of non-ortho nitro benzene ring substituents is 1. The molecule has 0 aliphatic carbocycles. The van der Waals surface area contributed by atoms with Crippen molar-refractivity contribution in [2.75, 3.05) is 51.9 Å². The van der Waals surface area contributed by atoms with Crippen molar-refractivity contribution in [1.82, 2.24) is 4.90 Å². The number of rotatable bonds is 8. The normalized spacial score (nSPS) is 13.4. The summed E-state index contributed by atoms with van der Waals surface area (Å²) in [5.41, 5.74) is 1.54. The van der Waals surface area contributed by atoms with Gasteiger partial charge in [-0.2, -0.15) is 0 Å². The molecule has 0 saturated carbocycles. The standard InChI is InChI=1S/C22H25N3O7/c1-30-19-8-3-16(20(14-19)31-2)13-22(27)32-15-21(26)24-11-9-23(10-12-24)17-4-6-18(7-5-17)25(28)29/h3-8,14H,9-13,15H2,1-2H3. The van der Waals surface area contributed by atoms with Crippen LogP contribution in [0.1, 0.15) is 5.56 Å². The van der Waals surface area contributed by atoms with E-state index in [1.54, 1.807) is 42.3 Å². The SMILES string of the molecule is COc1ccc(CC(=O)OCC(=O)N2CCN(c3ccc([N+](=O)[O-])cc3)CC2)c(OC)c1. The molecule has 1 aliphatic rings. The van der Waals surface area contributed by atoms with Gasteiger partial charge in [0, 0.05) is 55.6 Å². The van der Waals surface area contributed by atoms with Gasteiger partial charge >= 0.3 is 5.97 Å². The van der Waals surface area contributed by atoms with Crippen LogP contribution in [0.15, 0.2) is 42.5 Å². The van der Waals surface area contributed by atoms with Gasteiger partial charge in [0.05, 0.1) is 25.6 Å². The van der Waals surface area contributed by atoms with E-state index in [1.807, 2.05) is 0 Å². The van der Waals surface area contributed by atoms with Crippen molar-refractivity contribution in [3.8, 4) is 11.5 Å². The average Bonchev–Trinajstić information content (AvgIpc) is 2.83. The molecule has 0 aromatic heterocycles. The third-order valence-corrected chi connectivity index (χ3v) is 5.24. The number of hydrogen-bond acceptors (Lipinski definition) is 8. The van der Waals surface area contributed by atoms with Gasteiger partial charge < -0.3 is 24.0 Å². The summed E-state index contributed by atoms with van der Waals surface area (Å²) in [6.07, 6.45) is -0.0195. The molecule has 0 atom stereocenters. The molecule has 0 spiro atoms. The highest BCUT2D eigenvalue weighted by Gasteiger charge is 2.23. The minimum atomic E-state index is -0.522. The van der Waals surface area contributed by atoms with Crippen LogP contribution in [-0.2, 0) is 20.7 Å². The molecule has 1 aliphatic heterocycles. The number of ether oxygens (including phenoxy) is 3.